The molecule has 0 aromatic carbocycles. The van der Waals surface area contributed by atoms with Gasteiger partial charge < -0.3 is 9.88 Å². The number of nitrogens with one attached hydrogen (secondary N) is 3. The van der Waals surface area contributed by atoms with E-state index in [1.54, 1.807) is 6.20 Å². The van der Waals surface area contributed by atoms with Gasteiger partial charge in [-0.25, -0.2) is 14.8 Å². The molecule has 1 atom stereocenters. The molecule has 1 unspecified atom stereocenters. The number of hydrogen-bond acceptors (Lipinski definition) is 5. The molecule has 1 fully saturated rings. The van der Waals surface area contributed by atoms with Gasteiger partial charge in [0.05, 0.1) is 0 Å². The van der Waals surface area contributed by atoms with E-state index in [0.29, 0.717) is 11.7 Å². The minimum Gasteiger partial charge on any atom is -0.356 e. The fraction of sp³-hybridized carbons (Fsp3) is 0.375. The van der Waals surface area contributed by atoms with Crippen molar-refractivity contribution in [3.8, 4) is 11.4 Å². The molecule has 0 aliphatic carbocycles. The van der Waals surface area contributed by atoms with Gasteiger partial charge in [-0.3, -0.25) is 14.8 Å². The molecule has 1 saturated heterocycles. The topological polar surface area (TPSA) is 111 Å². The lowest BCUT2D eigenvalue weighted by molar-refractivity contribution is 0.444. The molecular formula is C16H18N6O2. The fourth-order valence-electron chi connectivity index (χ4n) is 3.18. The molecule has 4 heterocycles. The second-order valence-electron chi connectivity index (χ2n) is 6.32. The lowest BCUT2D eigenvalue weighted by atomic mass is 10.0. The second-order valence-corrected chi connectivity index (χ2v) is 6.32. The quantitative estimate of drug-likeness (QED) is 0.656. The summed E-state index contributed by atoms with van der Waals surface area (Å²) in [6.45, 7) is 4.30. The number of rotatable bonds is 2. The number of piperidine rings is 1. The van der Waals surface area contributed by atoms with Crippen LogP contribution in [0.25, 0.3) is 22.6 Å². The van der Waals surface area contributed by atoms with Gasteiger partial charge in [-0.15, -0.1) is 0 Å². The number of fused-ring (bicyclic) bond motifs is 1. The van der Waals surface area contributed by atoms with Gasteiger partial charge in [0.1, 0.15) is 17.2 Å². The smallest absolute Gasteiger partial charge is 0.327 e. The molecule has 1 aliphatic heterocycles. The van der Waals surface area contributed by atoms with E-state index in [-0.39, 0.29) is 11.2 Å². The summed E-state index contributed by atoms with van der Waals surface area (Å²) < 4.78 is 0. The maximum absolute atomic E-state index is 11.8. The van der Waals surface area contributed by atoms with Gasteiger partial charge in [0, 0.05) is 24.8 Å². The predicted octanol–water partition coefficient (Wildman–Crippen LogP) is 1.24. The summed E-state index contributed by atoms with van der Waals surface area (Å²) in [7, 11) is 0. The first-order valence-corrected chi connectivity index (χ1v) is 8.04. The predicted molar refractivity (Wildman–Crippen MR) is 91.2 cm³/mol. The number of pyridine rings is 1. The average Bonchev–Trinajstić information content (AvgIpc) is 2.99. The van der Waals surface area contributed by atoms with Crippen LogP contribution < -0.4 is 16.1 Å². The van der Waals surface area contributed by atoms with Crippen molar-refractivity contribution in [3.63, 3.8) is 0 Å². The molecule has 1 aliphatic rings. The highest BCUT2D eigenvalue weighted by Gasteiger charge is 2.17. The molecule has 3 aromatic rings. The van der Waals surface area contributed by atoms with Crippen LogP contribution in [0.2, 0.25) is 0 Å². The van der Waals surface area contributed by atoms with E-state index in [1.807, 2.05) is 12.1 Å². The SMILES string of the molecule is CC1CCCN(c2ccc(-c3nc4[nH]c(=O)[nH]c(=O)c4[nH]3)cn2)C1. The fourth-order valence-corrected chi connectivity index (χ4v) is 3.18. The average molecular weight is 326 g/mol. The summed E-state index contributed by atoms with van der Waals surface area (Å²) in [6, 6.07) is 3.89. The van der Waals surface area contributed by atoms with Crippen LogP contribution in [-0.2, 0) is 0 Å². The Bertz CT molecular complexity index is 984. The third kappa shape index (κ3) is 2.60. The van der Waals surface area contributed by atoms with Crippen LogP contribution in [0, 0.1) is 5.92 Å². The number of nitrogens with zero attached hydrogens (tertiary/aromatic N) is 3. The Balaban J connectivity index is 1.66. The monoisotopic (exact) mass is 326 g/mol. The van der Waals surface area contributed by atoms with Crippen molar-refractivity contribution >= 4 is 17.0 Å². The number of anilines is 1. The largest absolute Gasteiger partial charge is 0.356 e. The van der Waals surface area contributed by atoms with Crippen LogP contribution in [0.5, 0.6) is 0 Å². The first-order chi connectivity index (χ1) is 11.6. The summed E-state index contributed by atoms with van der Waals surface area (Å²) in [5.74, 6) is 2.13. The van der Waals surface area contributed by atoms with Crippen LogP contribution in [0.1, 0.15) is 19.8 Å². The maximum atomic E-state index is 11.8. The zero-order valence-corrected chi connectivity index (χ0v) is 13.3. The van der Waals surface area contributed by atoms with Crippen LogP contribution in [-0.4, -0.2) is 38.0 Å². The van der Waals surface area contributed by atoms with Crippen LogP contribution in [0.3, 0.4) is 0 Å². The van der Waals surface area contributed by atoms with Gasteiger partial charge in [0.15, 0.2) is 5.65 Å². The summed E-state index contributed by atoms with van der Waals surface area (Å²) in [5.41, 5.74) is 0.198. The van der Waals surface area contributed by atoms with Crippen molar-refractivity contribution in [2.24, 2.45) is 5.92 Å². The van der Waals surface area contributed by atoms with Gasteiger partial charge in [-0.1, -0.05) is 6.92 Å². The van der Waals surface area contributed by atoms with Crippen molar-refractivity contribution < 1.29 is 0 Å². The minimum absolute atomic E-state index is 0.243. The molecule has 0 bridgehead atoms. The molecule has 8 nitrogen and oxygen atoms in total. The highest BCUT2D eigenvalue weighted by molar-refractivity contribution is 5.74. The van der Waals surface area contributed by atoms with Crippen LogP contribution in [0.15, 0.2) is 27.9 Å². The standard InChI is InChI=1S/C16H18N6O2/c1-9-3-2-6-22(8-9)11-5-4-10(7-17-11)13-18-12-14(19-13)20-16(24)21-15(12)23/h4-5,7,9H,2-3,6,8H2,1H3,(H3,18,19,20,21,23,24). The lowest BCUT2D eigenvalue weighted by Gasteiger charge is -2.31. The number of imidazole rings is 1. The van der Waals surface area contributed by atoms with Crippen molar-refractivity contribution in [1.29, 1.82) is 0 Å². The molecule has 0 radical (unpaired) electrons. The highest BCUT2D eigenvalue weighted by Crippen LogP contribution is 2.23. The second kappa shape index (κ2) is 5.63. The van der Waals surface area contributed by atoms with Gasteiger partial charge in [0.2, 0.25) is 0 Å². The van der Waals surface area contributed by atoms with E-state index < -0.39 is 11.2 Å². The third-order valence-electron chi connectivity index (χ3n) is 4.39. The molecule has 124 valence electrons. The number of hydrogen-bond donors (Lipinski definition) is 3. The first kappa shape index (κ1) is 14.7. The molecule has 4 rings (SSSR count). The Morgan fingerprint density at radius 1 is 1.21 bits per heavy atom. The third-order valence-corrected chi connectivity index (χ3v) is 4.39. The molecule has 0 saturated carbocycles. The van der Waals surface area contributed by atoms with Gasteiger partial charge >= 0.3 is 5.69 Å². The highest BCUT2D eigenvalue weighted by atomic mass is 16.2. The Kier molecular flexibility index (Phi) is 3.44. The first-order valence-electron chi connectivity index (χ1n) is 8.04. The Morgan fingerprint density at radius 2 is 2.08 bits per heavy atom. The van der Waals surface area contributed by atoms with E-state index in [4.69, 9.17) is 0 Å². The van der Waals surface area contributed by atoms with Gasteiger partial charge in [-0.2, -0.15) is 0 Å². The lowest BCUT2D eigenvalue weighted by Crippen LogP contribution is -2.34. The summed E-state index contributed by atoms with van der Waals surface area (Å²) in [6.07, 6.45) is 4.18. The Morgan fingerprint density at radius 3 is 2.83 bits per heavy atom. The van der Waals surface area contributed by atoms with E-state index >= 15 is 0 Å². The Hall–Kier alpha value is -2.90. The zero-order valence-electron chi connectivity index (χ0n) is 13.3. The number of aromatic amines is 3. The molecule has 0 spiro atoms. The molecule has 24 heavy (non-hydrogen) atoms. The van der Waals surface area contributed by atoms with E-state index in [1.165, 1.54) is 12.8 Å². The molecule has 0 amide bonds. The molecule has 3 N–H and O–H groups in total. The summed E-state index contributed by atoms with van der Waals surface area (Å²) in [5, 5.41) is 0. The van der Waals surface area contributed by atoms with E-state index in [9.17, 15) is 9.59 Å². The van der Waals surface area contributed by atoms with Crippen molar-refractivity contribution in [2.75, 3.05) is 18.0 Å². The van der Waals surface area contributed by atoms with Crippen molar-refractivity contribution in [1.82, 2.24) is 24.9 Å². The van der Waals surface area contributed by atoms with Gasteiger partial charge in [-0.05, 0) is 30.9 Å². The van der Waals surface area contributed by atoms with E-state index in [0.717, 1.165) is 24.5 Å². The van der Waals surface area contributed by atoms with Crippen LogP contribution in [0.4, 0.5) is 5.82 Å². The van der Waals surface area contributed by atoms with Crippen molar-refractivity contribution in [2.45, 2.75) is 19.8 Å². The maximum Gasteiger partial charge on any atom is 0.327 e. The molecule has 3 aromatic heterocycles. The molecule has 8 heteroatoms. The summed E-state index contributed by atoms with van der Waals surface area (Å²) >= 11 is 0. The molecular weight excluding hydrogens is 308 g/mol. The van der Waals surface area contributed by atoms with Crippen molar-refractivity contribution in [3.05, 3.63) is 39.2 Å². The normalized spacial score (nSPS) is 18.2. The van der Waals surface area contributed by atoms with Crippen LogP contribution >= 0.6 is 0 Å². The Labute approximate surface area is 137 Å². The summed E-state index contributed by atoms with van der Waals surface area (Å²) in [4.78, 5) is 41.8. The number of H-pyrrole nitrogens is 3. The zero-order chi connectivity index (χ0) is 16.7. The van der Waals surface area contributed by atoms with E-state index in [2.05, 4.69) is 36.7 Å². The van der Waals surface area contributed by atoms with Gasteiger partial charge in [0.25, 0.3) is 5.56 Å². The minimum atomic E-state index is -0.571. The number of aromatic nitrogens is 5.